The van der Waals surface area contributed by atoms with E-state index in [9.17, 15) is 29.1 Å². The summed E-state index contributed by atoms with van der Waals surface area (Å²) in [6.45, 7) is 8.23. The van der Waals surface area contributed by atoms with Gasteiger partial charge in [-0.15, -0.1) is 0 Å². The maximum atomic E-state index is 13.1. The van der Waals surface area contributed by atoms with Crippen molar-refractivity contribution in [3.63, 3.8) is 0 Å². The maximum absolute atomic E-state index is 13.1. The van der Waals surface area contributed by atoms with Crippen LogP contribution < -0.4 is 27.0 Å². The Morgan fingerprint density at radius 1 is 1.03 bits per heavy atom. The van der Waals surface area contributed by atoms with Gasteiger partial charge in [-0.25, -0.2) is 4.79 Å². The summed E-state index contributed by atoms with van der Waals surface area (Å²) < 4.78 is 0. The van der Waals surface area contributed by atoms with E-state index in [-0.39, 0.29) is 43.0 Å². The molecule has 0 aromatic rings. The summed E-state index contributed by atoms with van der Waals surface area (Å²) in [5.74, 6) is -3.55. The average Bonchev–Trinajstić information content (AvgIpc) is 3.27. The van der Waals surface area contributed by atoms with Crippen molar-refractivity contribution in [3.05, 3.63) is 0 Å². The van der Waals surface area contributed by atoms with Crippen molar-refractivity contribution >= 4 is 29.6 Å². The van der Waals surface area contributed by atoms with Gasteiger partial charge in [-0.05, 0) is 44.1 Å². The lowest BCUT2D eigenvalue weighted by atomic mass is 9.96. The van der Waals surface area contributed by atoms with Crippen molar-refractivity contribution in [2.45, 2.75) is 90.4 Å². The first-order valence-electron chi connectivity index (χ1n) is 11.6. The number of rotatable bonds is 14. The summed E-state index contributed by atoms with van der Waals surface area (Å²) >= 11 is 0. The Labute approximate surface area is 195 Å². The van der Waals surface area contributed by atoms with Crippen LogP contribution in [0.15, 0.2) is 0 Å². The highest BCUT2D eigenvalue weighted by molar-refractivity contribution is 5.94. The quantitative estimate of drug-likeness (QED) is 0.201. The van der Waals surface area contributed by atoms with E-state index in [1.54, 1.807) is 0 Å². The summed E-state index contributed by atoms with van der Waals surface area (Å²) in [4.78, 5) is 61.1. The van der Waals surface area contributed by atoms with E-state index in [0.29, 0.717) is 12.8 Å². The monoisotopic (exact) mass is 469 g/mol. The largest absolute Gasteiger partial charge is 0.480 e. The molecular weight excluding hydrogens is 430 g/mol. The van der Waals surface area contributed by atoms with Gasteiger partial charge in [0.15, 0.2) is 0 Å². The van der Waals surface area contributed by atoms with Gasteiger partial charge in [-0.3, -0.25) is 19.2 Å². The number of carbonyl (C=O) groups is 5. The smallest absolute Gasteiger partial charge is 0.326 e. The van der Waals surface area contributed by atoms with Gasteiger partial charge in [0.1, 0.15) is 18.1 Å². The third-order valence-electron chi connectivity index (χ3n) is 5.80. The SMILES string of the molecule is CCC(C)C(NC(=O)C1CCCN1)C(=O)NC(CC(C)C)C(=O)NC(CCC(N)=O)C(=O)O. The van der Waals surface area contributed by atoms with Crippen molar-refractivity contribution in [1.29, 1.82) is 0 Å². The lowest BCUT2D eigenvalue weighted by Gasteiger charge is -2.28. The van der Waals surface area contributed by atoms with Gasteiger partial charge in [0, 0.05) is 6.42 Å². The molecule has 1 rings (SSSR count). The second-order valence-electron chi connectivity index (χ2n) is 9.12. The molecule has 0 aromatic carbocycles. The molecule has 33 heavy (non-hydrogen) atoms. The summed E-state index contributed by atoms with van der Waals surface area (Å²) in [5, 5.41) is 20.4. The van der Waals surface area contributed by atoms with Crippen molar-refractivity contribution < 1.29 is 29.1 Å². The van der Waals surface area contributed by atoms with E-state index in [0.717, 1.165) is 13.0 Å². The van der Waals surface area contributed by atoms with Gasteiger partial charge < -0.3 is 32.1 Å². The van der Waals surface area contributed by atoms with Crippen LogP contribution >= 0.6 is 0 Å². The topological polar surface area (TPSA) is 180 Å². The zero-order chi connectivity index (χ0) is 25.1. The molecule has 0 aromatic heterocycles. The molecule has 1 fully saturated rings. The van der Waals surface area contributed by atoms with Crippen LogP contribution in [0.5, 0.6) is 0 Å². The minimum absolute atomic E-state index is 0.0225. The standard InChI is InChI=1S/C22H39N5O6/c1-5-13(4)18(27-19(29)14-7-6-10-24-14)21(31)26-16(11-12(2)3)20(30)25-15(22(32)33)8-9-17(23)28/h12-16,18,24H,5-11H2,1-4H3,(H2,23,28)(H,25,30)(H,26,31)(H,27,29)(H,32,33). The summed E-state index contributed by atoms with van der Waals surface area (Å²) in [5.41, 5.74) is 5.08. The average molecular weight is 470 g/mol. The van der Waals surface area contributed by atoms with E-state index in [4.69, 9.17) is 5.73 Å². The van der Waals surface area contributed by atoms with Gasteiger partial charge in [-0.2, -0.15) is 0 Å². The number of primary amides is 1. The van der Waals surface area contributed by atoms with Gasteiger partial charge >= 0.3 is 5.97 Å². The van der Waals surface area contributed by atoms with Gasteiger partial charge in [-0.1, -0.05) is 34.1 Å². The predicted octanol–water partition coefficient (Wildman–Crippen LogP) is -0.365. The van der Waals surface area contributed by atoms with E-state index >= 15 is 0 Å². The molecule has 4 amide bonds. The summed E-state index contributed by atoms with van der Waals surface area (Å²) in [7, 11) is 0. The van der Waals surface area contributed by atoms with Crippen molar-refractivity contribution in [3.8, 4) is 0 Å². The Hall–Kier alpha value is -2.69. The molecule has 0 saturated carbocycles. The van der Waals surface area contributed by atoms with E-state index < -0.39 is 41.8 Å². The molecule has 0 radical (unpaired) electrons. The Kier molecular flexibility index (Phi) is 11.8. The second kappa shape index (κ2) is 13.8. The van der Waals surface area contributed by atoms with Crippen LogP contribution in [-0.2, 0) is 24.0 Å². The third kappa shape index (κ3) is 9.77. The molecule has 1 aliphatic rings. The van der Waals surface area contributed by atoms with Gasteiger partial charge in [0.25, 0.3) is 0 Å². The summed E-state index contributed by atoms with van der Waals surface area (Å²) in [6, 6.07) is -3.49. The number of nitrogens with one attached hydrogen (secondary N) is 4. The fraction of sp³-hybridized carbons (Fsp3) is 0.773. The molecule has 5 unspecified atom stereocenters. The number of carbonyl (C=O) groups excluding carboxylic acids is 4. The van der Waals surface area contributed by atoms with Crippen molar-refractivity contribution in [1.82, 2.24) is 21.3 Å². The summed E-state index contributed by atoms with van der Waals surface area (Å²) in [6.07, 6.45) is 2.13. The Morgan fingerprint density at radius 2 is 1.67 bits per heavy atom. The van der Waals surface area contributed by atoms with Crippen LogP contribution in [0.4, 0.5) is 0 Å². The molecular formula is C22H39N5O6. The van der Waals surface area contributed by atoms with Crippen LogP contribution in [0.1, 0.15) is 66.2 Å². The minimum atomic E-state index is -1.31. The van der Waals surface area contributed by atoms with Crippen molar-refractivity contribution in [2.75, 3.05) is 6.54 Å². The molecule has 7 N–H and O–H groups in total. The number of carboxylic acids is 1. The zero-order valence-electron chi connectivity index (χ0n) is 20.0. The van der Waals surface area contributed by atoms with E-state index in [1.807, 2.05) is 27.7 Å². The van der Waals surface area contributed by atoms with Crippen molar-refractivity contribution in [2.24, 2.45) is 17.6 Å². The van der Waals surface area contributed by atoms with Gasteiger partial charge in [0.05, 0.1) is 6.04 Å². The lowest BCUT2D eigenvalue weighted by molar-refractivity contribution is -0.142. The highest BCUT2D eigenvalue weighted by Gasteiger charge is 2.33. The molecule has 5 atom stereocenters. The molecule has 0 spiro atoms. The first-order chi connectivity index (χ1) is 15.5. The number of hydrogen-bond acceptors (Lipinski definition) is 6. The lowest BCUT2D eigenvalue weighted by Crippen LogP contribution is -2.58. The molecule has 1 aliphatic heterocycles. The fourth-order valence-electron chi connectivity index (χ4n) is 3.64. The number of carboxylic acid groups (broad SMARTS) is 1. The molecule has 11 nitrogen and oxygen atoms in total. The maximum Gasteiger partial charge on any atom is 0.326 e. The minimum Gasteiger partial charge on any atom is -0.480 e. The number of hydrogen-bond donors (Lipinski definition) is 6. The van der Waals surface area contributed by atoms with E-state index in [1.165, 1.54) is 0 Å². The fourth-order valence-corrected chi connectivity index (χ4v) is 3.64. The Bertz CT molecular complexity index is 707. The third-order valence-corrected chi connectivity index (χ3v) is 5.80. The molecule has 1 saturated heterocycles. The molecule has 0 aliphatic carbocycles. The Balaban J connectivity index is 2.93. The molecule has 11 heteroatoms. The highest BCUT2D eigenvalue weighted by Crippen LogP contribution is 2.13. The molecule has 1 heterocycles. The number of nitrogens with two attached hydrogens (primary N) is 1. The van der Waals surface area contributed by atoms with Crippen LogP contribution in [0.25, 0.3) is 0 Å². The number of amides is 4. The molecule has 0 bridgehead atoms. The predicted molar refractivity (Wildman–Crippen MR) is 122 cm³/mol. The highest BCUT2D eigenvalue weighted by atomic mass is 16.4. The second-order valence-corrected chi connectivity index (χ2v) is 9.12. The van der Waals surface area contributed by atoms with Crippen LogP contribution in [0.2, 0.25) is 0 Å². The first kappa shape index (κ1) is 28.3. The Morgan fingerprint density at radius 3 is 2.15 bits per heavy atom. The zero-order valence-corrected chi connectivity index (χ0v) is 20.0. The number of aliphatic carboxylic acids is 1. The van der Waals surface area contributed by atoms with Gasteiger partial charge in [0.2, 0.25) is 23.6 Å². The van der Waals surface area contributed by atoms with Crippen LogP contribution in [-0.4, -0.2) is 65.4 Å². The first-order valence-corrected chi connectivity index (χ1v) is 11.6. The van der Waals surface area contributed by atoms with Crippen LogP contribution in [0.3, 0.4) is 0 Å². The van der Waals surface area contributed by atoms with Crippen LogP contribution in [0, 0.1) is 11.8 Å². The normalized spacial score (nSPS) is 19.2. The van der Waals surface area contributed by atoms with E-state index in [2.05, 4.69) is 21.3 Å². The molecule has 188 valence electrons.